The number of nitrogens with zero attached hydrogens (tertiary/aromatic N) is 4. The van der Waals surface area contributed by atoms with Crippen LogP contribution in [0, 0.1) is 5.41 Å². The monoisotopic (exact) mass is 470 g/mol. The van der Waals surface area contributed by atoms with Gasteiger partial charge in [0, 0.05) is 47.0 Å². The lowest BCUT2D eigenvalue weighted by atomic mass is 9.62. The fourth-order valence-corrected chi connectivity index (χ4v) is 5.21. The molecule has 0 aliphatic carbocycles. The first-order valence-corrected chi connectivity index (χ1v) is 11.5. The summed E-state index contributed by atoms with van der Waals surface area (Å²) in [6, 6.07) is 7.65. The maximum absolute atomic E-state index is 12.4. The molecular weight excluding hydrogens is 440 g/mol. The summed E-state index contributed by atoms with van der Waals surface area (Å²) in [4.78, 5) is 10.9. The number of likely N-dealkylation sites (tertiary alicyclic amines) is 1. The minimum absolute atomic E-state index is 0.113. The van der Waals surface area contributed by atoms with Crippen LogP contribution >= 0.6 is 11.6 Å². The standard InChI is InChI=1S/C25H31ClN4O3/c1-15(2)19-8-7-17(10-20(19)26)25(32,24(5)13-30(6)14-24)18-9-16(11-27-12-18)21-28-22(33-29-21)23(3,4)31/h7-12,15,31-32H,13-14H2,1-6H3/t25-/m0/s1. The van der Waals surface area contributed by atoms with Crippen LogP contribution in [0.2, 0.25) is 5.02 Å². The van der Waals surface area contributed by atoms with Crippen LogP contribution in [0.1, 0.15) is 63.1 Å². The number of rotatable bonds is 6. The molecule has 2 aromatic heterocycles. The molecule has 0 saturated carbocycles. The molecule has 1 aromatic carbocycles. The first-order chi connectivity index (χ1) is 15.3. The SMILES string of the molecule is CC(C)c1ccc([C@](O)(c2cncc(-c3noc(C(C)(C)O)n3)c2)C2(C)CN(C)C2)cc1Cl. The highest BCUT2D eigenvalue weighted by atomic mass is 35.5. The number of hydrogen-bond acceptors (Lipinski definition) is 7. The molecule has 3 aromatic rings. The summed E-state index contributed by atoms with van der Waals surface area (Å²) in [7, 11) is 2.03. The fraction of sp³-hybridized carbons (Fsp3) is 0.480. The summed E-state index contributed by atoms with van der Waals surface area (Å²) >= 11 is 6.64. The number of aromatic nitrogens is 3. The van der Waals surface area contributed by atoms with Crippen molar-refractivity contribution in [3.8, 4) is 11.4 Å². The third-order valence-corrected chi connectivity index (χ3v) is 6.84. The van der Waals surface area contributed by atoms with Crippen molar-refractivity contribution in [2.75, 3.05) is 20.1 Å². The molecule has 1 aliphatic heterocycles. The summed E-state index contributed by atoms with van der Waals surface area (Å²) < 4.78 is 5.23. The smallest absolute Gasteiger partial charge is 0.258 e. The average Bonchev–Trinajstić information content (AvgIpc) is 3.23. The number of pyridine rings is 1. The second-order valence-electron chi connectivity index (χ2n) is 10.3. The highest BCUT2D eigenvalue weighted by molar-refractivity contribution is 6.31. The van der Waals surface area contributed by atoms with Crippen molar-refractivity contribution in [2.24, 2.45) is 5.41 Å². The van der Waals surface area contributed by atoms with E-state index in [9.17, 15) is 10.2 Å². The van der Waals surface area contributed by atoms with E-state index in [1.165, 1.54) is 0 Å². The molecule has 8 heteroatoms. The molecule has 0 spiro atoms. The van der Waals surface area contributed by atoms with Gasteiger partial charge in [0.15, 0.2) is 0 Å². The first-order valence-electron chi connectivity index (χ1n) is 11.1. The minimum atomic E-state index is -1.34. The van der Waals surface area contributed by atoms with Gasteiger partial charge < -0.3 is 19.6 Å². The summed E-state index contributed by atoms with van der Waals surface area (Å²) in [6.07, 6.45) is 3.29. The summed E-state index contributed by atoms with van der Waals surface area (Å²) in [5, 5.41) is 27.2. The highest BCUT2D eigenvalue weighted by Gasteiger charge is 2.55. The largest absolute Gasteiger partial charge is 0.381 e. The Bertz CT molecular complexity index is 1160. The van der Waals surface area contributed by atoms with Gasteiger partial charge >= 0.3 is 0 Å². The van der Waals surface area contributed by atoms with E-state index in [4.69, 9.17) is 16.1 Å². The topological polar surface area (TPSA) is 95.5 Å². The number of aliphatic hydroxyl groups is 2. The summed E-state index contributed by atoms with van der Waals surface area (Å²) in [5.41, 5.74) is -0.0844. The van der Waals surface area contributed by atoms with Crippen molar-refractivity contribution in [2.45, 2.75) is 51.7 Å². The van der Waals surface area contributed by atoms with Gasteiger partial charge in [-0.2, -0.15) is 4.98 Å². The Morgan fingerprint density at radius 3 is 2.36 bits per heavy atom. The Morgan fingerprint density at radius 2 is 1.82 bits per heavy atom. The molecule has 0 unspecified atom stereocenters. The molecule has 0 amide bonds. The zero-order valence-electron chi connectivity index (χ0n) is 19.9. The van der Waals surface area contributed by atoms with Crippen molar-refractivity contribution < 1.29 is 14.7 Å². The van der Waals surface area contributed by atoms with Gasteiger partial charge in [-0.1, -0.05) is 49.7 Å². The van der Waals surface area contributed by atoms with Gasteiger partial charge in [0.05, 0.1) is 0 Å². The Balaban J connectivity index is 1.84. The van der Waals surface area contributed by atoms with E-state index in [-0.39, 0.29) is 11.8 Å². The Hall–Kier alpha value is -2.32. The van der Waals surface area contributed by atoms with Crippen LogP contribution in [0.4, 0.5) is 0 Å². The third kappa shape index (κ3) is 4.08. The fourth-order valence-electron chi connectivity index (χ4n) is 4.81. The van der Waals surface area contributed by atoms with Crippen molar-refractivity contribution in [1.82, 2.24) is 20.0 Å². The van der Waals surface area contributed by atoms with Gasteiger partial charge in [0.1, 0.15) is 11.2 Å². The molecular formula is C25H31ClN4O3. The van der Waals surface area contributed by atoms with E-state index in [1.54, 1.807) is 26.2 Å². The predicted molar refractivity (Wildman–Crippen MR) is 127 cm³/mol. The lowest BCUT2D eigenvalue weighted by Crippen LogP contribution is -2.63. The van der Waals surface area contributed by atoms with E-state index < -0.39 is 16.6 Å². The van der Waals surface area contributed by atoms with E-state index in [1.807, 2.05) is 31.3 Å². The second kappa shape index (κ2) is 8.17. The molecule has 176 valence electrons. The van der Waals surface area contributed by atoms with E-state index in [0.29, 0.717) is 35.1 Å². The lowest BCUT2D eigenvalue weighted by molar-refractivity contribution is -0.127. The van der Waals surface area contributed by atoms with Crippen molar-refractivity contribution >= 4 is 11.6 Å². The van der Waals surface area contributed by atoms with Crippen LogP contribution in [-0.4, -0.2) is 50.4 Å². The van der Waals surface area contributed by atoms with Crippen molar-refractivity contribution in [1.29, 1.82) is 0 Å². The number of halogens is 1. The van der Waals surface area contributed by atoms with Gasteiger partial charge in [0.2, 0.25) is 5.82 Å². The molecule has 3 heterocycles. The van der Waals surface area contributed by atoms with Crippen LogP contribution in [0.25, 0.3) is 11.4 Å². The van der Waals surface area contributed by atoms with Gasteiger partial charge in [-0.3, -0.25) is 4.98 Å². The molecule has 2 N–H and O–H groups in total. The molecule has 4 rings (SSSR count). The maximum atomic E-state index is 12.4. The van der Waals surface area contributed by atoms with E-state index in [2.05, 4.69) is 40.8 Å². The van der Waals surface area contributed by atoms with Crippen molar-refractivity contribution in [3.05, 3.63) is 64.3 Å². The molecule has 1 saturated heterocycles. The molecule has 1 atom stereocenters. The van der Waals surface area contributed by atoms with Crippen molar-refractivity contribution in [3.63, 3.8) is 0 Å². The summed E-state index contributed by atoms with van der Waals surface area (Å²) in [5.74, 6) is 0.688. The number of benzene rings is 1. The zero-order chi connectivity index (χ0) is 24.2. The lowest BCUT2D eigenvalue weighted by Gasteiger charge is -2.56. The first kappa shape index (κ1) is 23.8. The van der Waals surface area contributed by atoms with Crippen LogP contribution in [0.15, 0.2) is 41.2 Å². The molecule has 33 heavy (non-hydrogen) atoms. The maximum Gasteiger partial charge on any atom is 0.258 e. The van der Waals surface area contributed by atoms with Gasteiger partial charge in [0.25, 0.3) is 5.89 Å². The van der Waals surface area contributed by atoms with E-state index in [0.717, 1.165) is 11.1 Å². The molecule has 0 radical (unpaired) electrons. The quantitative estimate of drug-likeness (QED) is 0.553. The Morgan fingerprint density at radius 1 is 1.12 bits per heavy atom. The molecule has 1 aliphatic rings. The molecule has 0 bridgehead atoms. The second-order valence-corrected chi connectivity index (χ2v) is 10.7. The minimum Gasteiger partial charge on any atom is -0.381 e. The Labute approximate surface area is 199 Å². The van der Waals surface area contributed by atoms with Gasteiger partial charge in [-0.15, -0.1) is 0 Å². The van der Waals surface area contributed by atoms with Gasteiger partial charge in [-0.05, 0) is 50.1 Å². The highest BCUT2D eigenvalue weighted by Crippen LogP contribution is 2.51. The van der Waals surface area contributed by atoms with Crippen LogP contribution in [-0.2, 0) is 11.2 Å². The number of hydrogen-bond donors (Lipinski definition) is 2. The predicted octanol–water partition coefficient (Wildman–Crippen LogP) is 4.32. The molecule has 1 fully saturated rings. The summed E-state index contributed by atoms with van der Waals surface area (Å²) in [6.45, 7) is 10.8. The van der Waals surface area contributed by atoms with Crippen LogP contribution < -0.4 is 0 Å². The van der Waals surface area contributed by atoms with E-state index >= 15 is 0 Å². The van der Waals surface area contributed by atoms with Crippen LogP contribution in [0.5, 0.6) is 0 Å². The Kier molecular flexibility index (Phi) is 5.90. The van der Waals surface area contributed by atoms with Gasteiger partial charge in [-0.25, -0.2) is 0 Å². The molecule has 7 nitrogen and oxygen atoms in total. The third-order valence-electron chi connectivity index (χ3n) is 6.52. The average molecular weight is 471 g/mol. The van der Waals surface area contributed by atoms with Crippen LogP contribution in [0.3, 0.4) is 0 Å². The zero-order valence-corrected chi connectivity index (χ0v) is 20.7. The normalized spacial score (nSPS) is 18.2.